The number of likely N-dealkylation sites (tertiary alicyclic amines) is 1. The van der Waals surface area contributed by atoms with Crippen LogP contribution in [0.15, 0.2) is 24.3 Å². The highest BCUT2D eigenvalue weighted by atomic mass is 16.2. The van der Waals surface area contributed by atoms with Crippen LogP contribution in [0.25, 0.3) is 0 Å². The number of carbonyl (C=O) groups excluding carboxylic acids is 3. The zero-order valence-corrected chi connectivity index (χ0v) is 14.3. The number of anilines is 2. The monoisotopic (exact) mass is 344 g/mol. The Balaban J connectivity index is 1.52. The molecule has 7 nitrogen and oxygen atoms in total. The minimum absolute atomic E-state index is 0.0249. The minimum atomic E-state index is -0.356. The second kappa shape index (κ2) is 8.00. The molecule has 2 heterocycles. The fourth-order valence-corrected chi connectivity index (χ4v) is 3.26. The first kappa shape index (κ1) is 17.3. The first-order chi connectivity index (χ1) is 12.1. The summed E-state index contributed by atoms with van der Waals surface area (Å²) in [5, 5.41) is 5.51. The van der Waals surface area contributed by atoms with Crippen LogP contribution in [-0.4, -0.2) is 48.9 Å². The Morgan fingerprint density at radius 2 is 1.80 bits per heavy atom. The third-order valence-electron chi connectivity index (χ3n) is 4.59. The van der Waals surface area contributed by atoms with E-state index in [2.05, 4.69) is 10.6 Å². The van der Waals surface area contributed by atoms with E-state index in [4.69, 9.17) is 0 Å². The van der Waals surface area contributed by atoms with Crippen molar-refractivity contribution in [2.75, 3.05) is 36.4 Å². The molecule has 0 aromatic heterocycles. The van der Waals surface area contributed by atoms with Crippen molar-refractivity contribution in [3.63, 3.8) is 0 Å². The van der Waals surface area contributed by atoms with Gasteiger partial charge in [0.2, 0.25) is 11.8 Å². The summed E-state index contributed by atoms with van der Waals surface area (Å²) in [5.41, 5.74) is 1.29. The zero-order valence-electron chi connectivity index (χ0n) is 14.3. The fourth-order valence-electron chi connectivity index (χ4n) is 3.26. The Labute approximate surface area is 147 Å². The van der Waals surface area contributed by atoms with Gasteiger partial charge < -0.3 is 15.5 Å². The zero-order chi connectivity index (χ0) is 17.6. The third-order valence-corrected chi connectivity index (χ3v) is 4.59. The van der Waals surface area contributed by atoms with Crippen molar-refractivity contribution in [2.24, 2.45) is 0 Å². The summed E-state index contributed by atoms with van der Waals surface area (Å²) in [7, 11) is 0. The molecule has 4 amide bonds. The molecule has 0 radical (unpaired) electrons. The predicted molar refractivity (Wildman–Crippen MR) is 95.5 cm³/mol. The van der Waals surface area contributed by atoms with Gasteiger partial charge in [-0.3, -0.25) is 14.5 Å². The molecule has 2 aliphatic rings. The van der Waals surface area contributed by atoms with Gasteiger partial charge in [0.25, 0.3) is 0 Å². The number of nitrogens with zero attached hydrogens (tertiary/aromatic N) is 2. The van der Waals surface area contributed by atoms with Crippen molar-refractivity contribution in [1.29, 1.82) is 0 Å². The molecule has 3 rings (SSSR count). The van der Waals surface area contributed by atoms with Crippen LogP contribution in [0.4, 0.5) is 16.2 Å². The van der Waals surface area contributed by atoms with Crippen molar-refractivity contribution in [3.8, 4) is 0 Å². The van der Waals surface area contributed by atoms with E-state index in [1.54, 1.807) is 18.2 Å². The summed E-state index contributed by atoms with van der Waals surface area (Å²) in [5.74, 6) is -0.145. The number of para-hydroxylation sites is 2. The Morgan fingerprint density at radius 1 is 1.08 bits per heavy atom. The lowest BCUT2D eigenvalue weighted by Crippen LogP contribution is -2.47. The quantitative estimate of drug-likeness (QED) is 0.879. The molecule has 1 saturated heterocycles. The van der Waals surface area contributed by atoms with Gasteiger partial charge in [-0.1, -0.05) is 25.0 Å². The van der Waals surface area contributed by atoms with Gasteiger partial charge >= 0.3 is 6.03 Å². The first-order valence-electron chi connectivity index (χ1n) is 8.87. The Bertz CT molecular complexity index is 653. The van der Waals surface area contributed by atoms with E-state index in [9.17, 15) is 14.4 Å². The lowest BCUT2D eigenvalue weighted by molar-refractivity contribution is -0.131. The molecule has 1 aromatic rings. The lowest BCUT2D eigenvalue weighted by Gasteiger charge is -2.29. The SMILES string of the molecule is O=C1CN(C(=O)NCCC(=O)N2CCCCCC2)c2ccccc2N1. The van der Waals surface area contributed by atoms with Crippen LogP contribution >= 0.6 is 0 Å². The normalized spacial score (nSPS) is 17.4. The molecule has 25 heavy (non-hydrogen) atoms. The molecule has 0 saturated carbocycles. The number of urea groups is 1. The summed E-state index contributed by atoms with van der Waals surface area (Å²) >= 11 is 0. The lowest BCUT2D eigenvalue weighted by atomic mass is 10.2. The van der Waals surface area contributed by atoms with Crippen LogP contribution < -0.4 is 15.5 Å². The fraction of sp³-hybridized carbons (Fsp3) is 0.500. The number of benzene rings is 1. The molecule has 0 unspecified atom stereocenters. The van der Waals surface area contributed by atoms with E-state index in [0.29, 0.717) is 11.4 Å². The van der Waals surface area contributed by atoms with Crippen molar-refractivity contribution >= 4 is 29.2 Å². The minimum Gasteiger partial charge on any atom is -0.343 e. The van der Waals surface area contributed by atoms with Gasteiger partial charge in [0, 0.05) is 26.1 Å². The van der Waals surface area contributed by atoms with Gasteiger partial charge in [-0.25, -0.2) is 4.79 Å². The van der Waals surface area contributed by atoms with E-state index < -0.39 is 0 Å². The number of fused-ring (bicyclic) bond motifs is 1. The summed E-state index contributed by atoms with van der Waals surface area (Å²) in [6.07, 6.45) is 4.75. The average Bonchev–Trinajstić information content (AvgIpc) is 2.90. The van der Waals surface area contributed by atoms with Gasteiger partial charge in [-0.05, 0) is 25.0 Å². The van der Waals surface area contributed by atoms with Crippen LogP contribution in [0, 0.1) is 0 Å². The highest BCUT2D eigenvalue weighted by Crippen LogP contribution is 2.28. The summed E-state index contributed by atoms with van der Waals surface area (Å²) < 4.78 is 0. The van der Waals surface area contributed by atoms with Gasteiger partial charge in [0.1, 0.15) is 6.54 Å². The molecule has 0 spiro atoms. The number of rotatable bonds is 3. The molecule has 2 N–H and O–H groups in total. The van der Waals surface area contributed by atoms with E-state index in [1.807, 2.05) is 11.0 Å². The molecule has 7 heteroatoms. The summed E-state index contributed by atoms with van der Waals surface area (Å²) in [6.45, 7) is 1.87. The summed E-state index contributed by atoms with van der Waals surface area (Å²) in [4.78, 5) is 39.8. The third kappa shape index (κ3) is 4.29. The van der Waals surface area contributed by atoms with Gasteiger partial charge in [-0.2, -0.15) is 0 Å². The maximum atomic E-state index is 12.4. The highest BCUT2D eigenvalue weighted by Gasteiger charge is 2.26. The first-order valence-corrected chi connectivity index (χ1v) is 8.87. The molecule has 2 aliphatic heterocycles. The van der Waals surface area contributed by atoms with Gasteiger partial charge in [-0.15, -0.1) is 0 Å². The van der Waals surface area contributed by atoms with Crippen molar-refractivity contribution in [3.05, 3.63) is 24.3 Å². The Kier molecular flexibility index (Phi) is 5.53. The molecule has 0 aliphatic carbocycles. The van der Waals surface area contributed by atoms with Crippen molar-refractivity contribution in [2.45, 2.75) is 32.1 Å². The van der Waals surface area contributed by atoms with E-state index in [1.165, 1.54) is 17.7 Å². The predicted octanol–water partition coefficient (Wildman–Crippen LogP) is 1.95. The second-order valence-electron chi connectivity index (χ2n) is 6.43. The molecule has 1 fully saturated rings. The number of nitrogens with one attached hydrogen (secondary N) is 2. The Morgan fingerprint density at radius 3 is 2.56 bits per heavy atom. The molecule has 134 valence electrons. The van der Waals surface area contributed by atoms with Crippen molar-refractivity contribution in [1.82, 2.24) is 10.2 Å². The van der Waals surface area contributed by atoms with E-state index >= 15 is 0 Å². The van der Waals surface area contributed by atoms with Gasteiger partial charge in [0.05, 0.1) is 11.4 Å². The van der Waals surface area contributed by atoms with Crippen molar-refractivity contribution < 1.29 is 14.4 Å². The second-order valence-corrected chi connectivity index (χ2v) is 6.43. The Hall–Kier alpha value is -2.57. The largest absolute Gasteiger partial charge is 0.343 e. The number of hydrogen-bond donors (Lipinski definition) is 2. The smallest absolute Gasteiger partial charge is 0.322 e. The van der Waals surface area contributed by atoms with Gasteiger partial charge in [0.15, 0.2) is 0 Å². The van der Waals surface area contributed by atoms with E-state index in [0.717, 1.165) is 25.9 Å². The number of hydrogen-bond acceptors (Lipinski definition) is 3. The van der Waals surface area contributed by atoms with Crippen LogP contribution in [0.3, 0.4) is 0 Å². The van der Waals surface area contributed by atoms with Crippen LogP contribution in [0.2, 0.25) is 0 Å². The molecule has 0 atom stereocenters. The van der Waals surface area contributed by atoms with E-state index in [-0.39, 0.29) is 37.4 Å². The summed E-state index contributed by atoms with van der Waals surface area (Å²) in [6, 6.07) is 6.82. The number of carbonyl (C=O) groups is 3. The average molecular weight is 344 g/mol. The van der Waals surface area contributed by atoms with Crippen LogP contribution in [0.1, 0.15) is 32.1 Å². The molecule has 1 aromatic carbocycles. The molecule has 0 bridgehead atoms. The standard InChI is InChI=1S/C18H24N4O3/c23-16-13-22(15-8-4-3-7-14(15)20-16)18(25)19-10-9-17(24)21-11-5-1-2-6-12-21/h3-4,7-8H,1-2,5-6,9-13H2,(H,19,25)(H,20,23). The molecular weight excluding hydrogens is 320 g/mol. The maximum absolute atomic E-state index is 12.4. The maximum Gasteiger partial charge on any atom is 0.322 e. The highest BCUT2D eigenvalue weighted by molar-refractivity contribution is 6.09. The topological polar surface area (TPSA) is 81.8 Å². The van der Waals surface area contributed by atoms with Crippen LogP contribution in [0.5, 0.6) is 0 Å². The van der Waals surface area contributed by atoms with Crippen LogP contribution in [-0.2, 0) is 9.59 Å². The number of amides is 4. The molecular formula is C18H24N4O3.